The van der Waals surface area contributed by atoms with E-state index in [1.54, 1.807) is 0 Å². The molecule has 259 valence electrons. The van der Waals surface area contributed by atoms with Gasteiger partial charge in [0.15, 0.2) is 5.78 Å². The van der Waals surface area contributed by atoms with Crippen LogP contribution in [-0.2, 0) is 24.9 Å². The number of pyridine rings is 1. The Labute approximate surface area is 307 Å². The van der Waals surface area contributed by atoms with E-state index in [0.29, 0.717) is 0 Å². The molecule has 0 amide bonds. The van der Waals surface area contributed by atoms with Gasteiger partial charge in [0.1, 0.15) is 22.3 Å². The fraction of sp³-hybridized carbons (Fsp3) is 0.273. The van der Waals surface area contributed by atoms with E-state index in [1.165, 1.54) is 6.08 Å². The molecule has 0 unspecified atom stereocenters. The van der Waals surface area contributed by atoms with E-state index in [-0.39, 0.29) is 43.5 Å². The van der Waals surface area contributed by atoms with Crippen LogP contribution in [0.3, 0.4) is 0 Å². The number of rotatable bonds is 9. The second-order valence-corrected chi connectivity index (χ2v) is 12.8. The molecule has 0 saturated carbocycles. The van der Waals surface area contributed by atoms with Gasteiger partial charge in [0, 0.05) is 71.3 Å². The topological polar surface area (TPSA) is 76.5 Å². The van der Waals surface area contributed by atoms with Gasteiger partial charge >= 0.3 is 0 Å². The van der Waals surface area contributed by atoms with Crippen LogP contribution in [0.25, 0.3) is 66.3 Å². The van der Waals surface area contributed by atoms with E-state index in [9.17, 15) is 9.90 Å². The van der Waals surface area contributed by atoms with Crippen LogP contribution in [0.4, 0.5) is 0 Å². The molecule has 5 nitrogen and oxygen atoms in total. The molecule has 0 aliphatic heterocycles. The fourth-order valence-corrected chi connectivity index (χ4v) is 6.82. The van der Waals surface area contributed by atoms with Gasteiger partial charge in [-0.3, -0.25) is 4.79 Å². The van der Waals surface area contributed by atoms with Gasteiger partial charge in [-0.2, -0.15) is 0 Å². The molecule has 3 aromatic heterocycles. The van der Waals surface area contributed by atoms with E-state index in [0.717, 1.165) is 103 Å². The molecule has 7 rings (SSSR count). The molecular formula is C44H44IrNO4-. The van der Waals surface area contributed by atoms with Gasteiger partial charge in [0.25, 0.3) is 0 Å². The van der Waals surface area contributed by atoms with Gasteiger partial charge in [0.2, 0.25) is 0 Å². The summed E-state index contributed by atoms with van der Waals surface area (Å²) in [4.78, 5) is 16.3. The van der Waals surface area contributed by atoms with Crippen LogP contribution < -0.4 is 0 Å². The van der Waals surface area contributed by atoms with Crippen LogP contribution in [0.5, 0.6) is 0 Å². The minimum absolute atomic E-state index is 0. The first-order valence-corrected chi connectivity index (χ1v) is 17.4. The van der Waals surface area contributed by atoms with Crippen molar-refractivity contribution in [1.82, 2.24) is 4.98 Å². The minimum atomic E-state index is 0. The number of carbonyl (C=O) groups is 1. The maximum Gasteiger partial charge on any atom is 0.162 e. The number of aliphatic hydroxyl groups excluding tert-OH is 1. The number of nitrogens with zero attached hydrogens (tertiary/aromatic N) is 1. The molecule has 7 aromatic rings. The molecule has 4 aromatic carbocycles. The van der Waals surface area contributed by atoms with Crippen LogP contribution in [0, 0.1) is 31.7 Å². The van der Waals surface area contributed by atoms with Gasteiger partial charge in [0.05, 0.1) is 5.76 Å². The summed E-state index contributed by atoms with van der Waals surface area (Å²) in [5.74, 6) is 0.547. The van der Waals surface area contributed by atoms with Crippen LogP contribution in [0.15, 0.2) is 106 Å². The Morgan fingerprint density at radius 2 is 1.42 bits per heavy atom. The van der Waals surface area contributed by atoms with E-state index < -0.39 is 0 Å². The third-order valence-corrected chi connectivity index (χ3v) is 9.76. The number of hydrogen-bond donors (Lipinski definition) is 1. The molecule has 50 heavy (non-hydrogen) atoms. The molecule has 1 N–H and O–H groups in total. The quantitative estimate of drug-likeness (QED) is 0.0890. The van der Waals surface area contributed by atoms with Crippen LogP contribution in [-0.4, -0.2) is 15.9 Å². The predicted molar refractivity (Wildman–Crippen MR) is 202 cm³/mol. The van der Waals surface area contributed by atoms with Crippen molar-refractivity contribution in [3.63, 3.8) is 0 Å². The number of aromatic nitrogens is 1. The molecule has 1 radical (unpaired) electrons. The van der Waals surface area contributed by atoms with Crippen molar-refractivity contribution in [2.75, 3.05) is 0 Å². The Bertz CT molecular complexity index is 2290. The van der Waals surface area contributed by atoms with E-state index in [4.69, 9.17) is 8.83 Å². The molecular weight excluding hydrogens is 799 g/mol. The first kappa shape index (κ1) is 36.8. The molecule has 0 fully saturated rings. The number of aryl methyl sites for hydroxylation is 2. The smallest absolute Gasteiger partial charge is 0.162 e. The number of fused-ring (bicyclic) bond motifs is 7. The number of allylic oxidation sites excluding steroid dienone is 2. The fourth-order valence-electron chi connectivity index (χ4n) is 6.82. The second kappa shape index (κ2) is 16.0. The zero-order valence-corrected chi connectivity index (χ0v) is 32.0. The standard InChI is InChI=1S/C31H20NO2.C13H24O2.Ir/c1-18-8-6-12-22-27-26(33-29(18)22)17-24(31-28(27)23-13-7-9-19(2)30(23)34-31)21-14-15-32-25(16-21)20-10-4-3-5-11-20;1-5-10(6-2)12(14)9-13(15)11(7-3)8-4;/h3-10,12-17H,1-2H3;9-11,14H,5-8H2,1-4H3;/q-1;;/b;12-9-;. The summed E-state index contributed by atoms with van der Waals surface area (Å²) in [5.41, 5.74) is 9.67. The number of ketones is 1. The molecule has 3 heterocycles. The minimum Gasteiger partial charge on any atom is -0.512 e. The van der Waals surface area contributed by atoms with E-state index in [2.05, 4.69) is 73.4 Å². The number of benzene rings is 4. The zero-order chi connectivity index (χ0) is 34.7. The van der Waals surface area contributed by atoms with Crippen LogP contribution >= 0.6 is 0 Å². The zero-order valence-electron chi connectivity index (χ0n) is 29.6. The summed E-state index contributed by atoms with van der Waals surface area (Å²) in [6.45, 7) is 12.3. The largest absolute Gasteiger partial charge is 0.512 e. The third-order valence-electron chi connectivity index (χ3n) is 9.76. The average Bonchev–Trinajstić information content (AvgIpc) is 3.70. The molecule has 0 bridgehead atoms. The maximum atomic E-state index is 11.7. The van der Waals surface area contributed by atoms with Gasteiger partial charge in [-0.25, -0.2) is 0 Å². The number of aliphatic hydroxyl groups is 1. The van der Waals surface area contributed by atoms with Crippen molar-refractivity contribution >= 4 is 49.7 Å². The Hall–Kier alpha value is -4.51. The Morgan fingerprint density at radius 1 is 0.780 bits per heavy atom. The first-order valence-electron chi connectivity index (χ1n) is 17.4. The van der Waals surface area contributed by atoms with Crippen molar-refractivity contribution < 1.29 is 38.8 Å². The van der Waals surface area contributed by atoms with Gasteiger partial charge in [-0.05, 0) is 74.0 Å². The Kier molecular flexibility index (Phi) is 11.8. The van der Waals surface area contributed by atoms with Gasteiger partial charge in [-0.1, -0.05) is 70.2 Å². The summed E-state index contributed by atoms with van der Waals surface area (Å²) in [7, 11) is 0. The molecule has 6 heteroatoms. The Balaban J connectivity index is 0.000000261. The van der Waals surface area contributed by atoms with Gasteiger partial charge in [-0.15, -0.1) is 35.9 Å². The molecule has 0 aliphatic rings. The van der Waals surface area contributed by atoms with Crippen molar-refractivity contribution in [1.29, 1.82) is 0 Å². The summed E-state index contributed by atoms with van der Waals surface area (Å²) >= 11 is 0. The molecule has 0 aliphatic carbocycles. The third kappa shape index (κ3) is 7.06. The summed E-state index contributed by atoms with van der Waals surface area (Å²) in [6, 6.07) is 30.1. The first-order chi connectivity index (χ1) is 23.8. The summed E-state index contributed by atoms with van der Waals surface area (Å²) < 4.78 is 13.1. The van der Waals surface area contributed by atoms with Crippen molar-refractivity contribution in [3.05, 3.63) is 114 Å². The number of hydrogen-bond acceptors (Lipinski definition) is 5. The second-order valence-electron chi connectivity index (χ2n) is 12.8. The average molecular weight is 843 g/mol. The molecule has 0 atom stereocenters. The number of para-hydroxylation sites is 2. The summed E-state index contributed by atoms with van der Waals surface area (Å²) in [6.07, 6.45) is 6.75. The van der Waals surface area contributed by atoms with Crippen molar-refractivity contribution in [3.8, 4) is 22.4 Å². The van der Waals surface area contributed by atoms with Crippen LogP contribution in [0.2, 0.25) is 0 Å². The number of carbonyl (C=O) groups excluding carboxylic acids is 1. The summed E-state index contributed by atoms with van der Waals surface area (Å²) in [5, 5.41) is 14.2. The molecule has 0 spiro atoms. The SMILES string of the molecule is CCC(CC)C(=O)/C=C(\O)C(CC)CC.Cc1cccc2c1oc1cc(-c3ccnc(-c4[c-]cccc4)c3)c3oc4c(C)cccc4c3c12.[Ir]. The van der Waals surface area contributed by atoms with Crippen molar-refractivity contribution in [2.45, 2.75) is 67.2 Å². The molecule has 0 saturated heterocycles. The normalized spacial score (nSPS) is 11.8. The van der Waals surface area contributed by atoms with E-state index in [1.807, 2.05) is 64.2 Å². The number of furan rings is 2. The predicted octanol–water partition coefficient (Wildman–Crippen LogP) is 12.5. The monoisotopic (exact) mass is 843 g/mol. The Morgan fingerprint density at radius 3 is 2.04 bits per heavy atom. The van der Waals surface area contributed by atoms with Crippen LogP contribution in [0.1, 0.15) is 64.5 Å². The maximum absolute atomic E-state index is 11.7. The van der Waals surface area contributed by atoms with Crippen molar-refractivity contribution in [2.24, 2.45) is 11.8 Å². The van der Waals surface area contributed by atoms with Gasteiger partial charge < -0.3 is 18.9 Å². The van der Waals surface area contributed by atoms with E-state index >= 15 is 0 Å².